The van der Waals surface area contributed by atoms with Crippen LogP contribution in [-0.2, 0) is 16.2 Å². The van der Waals surface area contributed by atoms with Crippen molar-refractivity contribution in [2.45, 2.75) is 26.5 Å². The number of nitrogens with zero attached hydrogens (tertiary/aromatic N) is 2. The number of hydrogen-bond acceptors (Lipinski definition) is 4. The minimum atomic E-state index is -0.646. The van der Waals surface area contributed by atoms with E-state index in [9.17, 15) is 4.79 Å². The fraction of sp³-hybridized carbons (Fsp3) is 0.300. The minimum absolute atomic E-state index is 0.118. The summed E-state index contributed by atoms with van der Waals surface area (Å²) in [4.78, 5) is 19.2. The Morgan fingerprint density at radius 3 is 2.48 bits per heavy atom. The molecule has 0 N–H and O–H groups in total. The third-order valence-corrected chi connectivity index (χ3v) is 3.60. The zero-order chi connectivity index (χ0) is 18.1. The lowest BCUT2D eigenvalue weighted by Gasteiger charge is -2.20. The molecule has 0 spiro atoms. The van der Waals surface area contributed by atoms with Crippen LogP contribution in [0.1, 0.15) is 25.0 Å². The Morgan fingerprint density at radius 1 is 1.16 bits per heavy atom. The summed E-state index contributed by atoms with van der Waals surface area (Å²) in [6, 6.07) is 17.3. The normalized spacial score (nSPS) is 12.0. The smallest absolute Gasteiger partial charge is 0.266 e. The quantitative estimate of drug-likeness (QED) is 0.546. The molecule has 25 heavy (non-hydrogen) atoms. The zero-order valence-corrected chi connectivity index (χ0v) is 14.9. The van der Waals surface area contributed by atoms with Crippen LogP contribution in [-0.4, -0.2) is 36.8 Å². The molecular weight excluding hydrogens is 316 g/mol. The van der Waals surface area contributed by atoms with Gasteiger partial charge in [-0.1, -0.05) is 35.5 Å². The van der Waals surface area contributed by atoms with Gasteiger partial charge in [0.15, 0.2) is 0 Å². The average Bonchev–Trinajstić information content (AvgIpc) is 2.63. The lowest BCUT2D eigenvalue weighted by atomic mass is 10.2. The van der Waals surface area contributed by atoms with E-state index in [0.717, 1.165) is 16.9 Å². The number of carbonyl (C=O) groups excluding carboxylic acids is 1. The molecule has 0 saturated carbocycles. The van der Waals surface area contributed by atoms with Crippen molar-refractivity contribution in [3.05, 3.63) is 65.7 Å². The molecule has 2 aromatic carbocycles. The summed E-state index contributed by atoms with van der Waals surface area (Å²) in [7, 11) is 1.76. The SMILES string of the molecule is CCOc1ccc(/C=N\O[C@H](C)C(=O)N(C)Cc2ccccc2)cc1. The molecule has 0 aliphatic rings. The summed E-state index contributed by atoms with van der Waals surface area (Å²) in [6.07, 6.45) is 0.934. The number of benzene rings is 2. The van der Waals surface area contributed by atoms with Crippen molar-refractivity contribution >= 4 is 12.1 Å². The second-order valence-corrected chi connectivity index (χ2v) is 5.66. The van der Waals surface area contributed by atoms with Gasteiger partial charge >= 0.3 is 0 Å². The van der Waals surface area contributed by atoms with Crippen LogP contribution in [0.25, 0.3) is 0 Å². The first-order valence-corrected chi connectivity index (χ1v) is 8.31. The van der Waals surface area contributed by atoms with Crippen LogP contribution < -0.4 is 4.74 Å². The van der Waals surface area contributed by atoms with Crippen LogP contribution in [0.3, 0.4) is 0 Å². The summed E-state index contributed by atoms with van der Waals surface area (Å²) in [5.41, 5.74) is 1.95. The van der Waals surface area contributed by atoms with Crippen LogP contribution in [0.2, 0.25) is 0 Å². The molecule has 1 atom stereocenters. The summed E-state index contributed by atoms with van der Waals surface area (Å²) >= 11 is 0. The Labute approximate surface area is 148 Å². The molecular formula is C20H24N2O3. The highest BCUT2D eigenvalue weighted by atomic mass is 16.6. The molecule has 0 aliphatic carbocycles. The summed E-state index contributed by atoms with van der Waals surface area (Å²) < 4.78 is 5.38. The highest BCUT2D eigenvalue weighted by Crippen LogP contribution is 2.11. The second kappa shape index (κ2) is 9.47. The van der Waals surface area contributed by atoms with Gasteiger partial charge in [-0.3, -0.25) is 4.79 Å². The van der Waals surface area contributed by atoms with E-state index < -0.39 is 6.10 Å². The number of amides is 1. The lowest BCUT2D eigenvalue weighted by molar-refractivity contribution is -0.141. The number of carbonyl (C=O) groups is 1. The molecule has 0 radical (unpaired) electrons. The molecule has 0 aliphatic heterocycles. The first kappa shape index (κ1) is 18.5. The van der Waals surface area contributed by atoms with Gasteiger partial charge < -0.3 is 14.5 Å². The number of likely N-dealkylation sites (N-methyl/N-ethyl adjacent to an activating group) is 1. The maximum absolute atomic E-state index is 12.3. The van der Waals surface area contributed by atoms with Crippen molar-refractivity contribution < 1.29 is 14.4 Å². The maximum atomic E-state index is 12.3. The minimum Gasteiger partial charge on any atom is -0.494 e. The van der Waals surface area contributed by atoms with Gasteiger partial charge in [0, 0.05) is 13.6 Å². The van der Waals surface area contributed by atoms with Crippen LogP contribution in [0.4, 0.5) is 0 Å². The van der Waals surface area contributed by atoms with Gasteiger partial charge in [0.25, 0.3) is 5.91 Å². The molecule has 5 nitrogen and oxygen atoms in total. The molecule has 132 valence electrons. The van der Waals surface area contributed by atoms with Gasteiger partial charge in [-0.25, -0.2) is 0 Å². The van der Waals surface area contributed by atoms with E-state index >= 15 is 0 Å². The Morgan fingerprint density at radius 2 is 1.84 bits per heavy atom. The predicted molar refractivity (Wildman–Crippen MR) is 98.7 cm³/mol. The number of rotatable bonds is 8. The predicted octanol–water partition coefficient (Wildman–Crippen LogP) is 3.48. The molecule has 2 rings (SSSR count). The van der Waals surface area contributed by atoms with E-state index in [1.54, 1.807) is 25.1 Å². The third-order valence-electron chi connectivity index (χ3n) is 3.60. The fourth-order valence-corrected chi connectivity index (χ4v) is 2.29. The molecule has 0 saturated heterocycles. The van der Waals surface area contributed by atoms with Crippen molar-refractivity contribution in [3.63, 3.8) is 0 Å². The van der Waals surface area contributed by atoms with E-state index in [1.807, 2.05) is 61.5 Å². The Kier molecular flexibility index (Phi) is 7.01. The average molecular weight is 340 g/mol. The molecule has 2 aromatic rings. The third kappa shape index (κ3) is 5.95. The first-order valence-electron chi connectivity index (χ1n) is 8.31. The largest absolute Gasteiger partial charge is 0.494 e. The molecule has 0 aromatic heterocycles. The Balaban J connectivity index is 1.83. The maximum Gasteiger partial charge on any atom is 0.266 e. The molecule has 5 heteroatoms. The van der Waals surface area contributed by atoms with Crippen molar-refractivity contribution in [2.75, 3.05) is 13.7 Å². The fourth-order valence-electron chi connectivity index (χ4n) is 2.29. The van der Waals surface area contributed by atoms with E-state index in [-0.39, 0.29) is 5.91 Å². The van der Waals surface area contributed by atoms with Gasteiger partial charge in [-0.15, -0.1) is 0 Å². The molecule has 0 unspecified atom stereocenters. The van der Waals surface area contributed by atoms with E-state index in [2.05, 4.69) is 5.16 Å². The Hall–Kier alpha value is -2.82. The second-order valence-electron chi connectivity index (χ2n) is 5.66. The van der Waals surface area contributed by atoms with Gasteiger partial charge in [-0.2, -0.15) is 0 Å². The summed E-state index contributed by atoms with van der Waals surface area (Å²) in [5.74, 6) is 0.694. The monoisotopic (exact) mass is 340 g/mol. The van der Waals surface area contributed by atoms with Crippen LogP contribution in [0.15, 0.2) is 59.8 Å². The van der Waals surface area contributed by atoms with Crippen molar-refractivity contribution in [1.29, 1.82) is 0 Å². The molecule has 1 amide bonds. The molecule has 0 bridgehead atoms. The van der Waals surface area contributed by atoms with Gasteiger partial charge in [0.05, 0.1) is 12.8 Å². The highest BCUT2D eigenvalue weighted by molar-refractivity contribution is 5.81. The van der Waals surface area contributed by atoms with Crippen LogP contribution in [0, 0.1) is 0 Å². The van der Waals surface area contributed by atoms with E-state index in [4.69, 9.17) is 9.57 Å². The topological polar surface area (TPSA) is 51.1 Å². The van der Waals surface area contributed by atoms with Crippen molar-refractivity contribution in [1.82, 2.24) is 4.90 Å². The van der Waals surface area contributed by atoms with Crippen LogP contribution >= 0.6 is 0 Å². The summed E-state index contributed by atoms with van der Waals surface area (Å²) in [6.45, 7) is 4.80. The lowest BCUT2D eigenvalue weighted by Crippen LogP contribution is -2.35. The summed E-state index contributed by atoms with van der Waals surface area (Å²) in [5, 5.41) is 3.91. The van der Waals surface area contributed by atoms with Crippen molar-refractivity contribution in [2.24, 2.45) is 5.16 Å². The standard InChI is InChI=1S/C20H24N2O3/c1-4-24-19-12-10-17(11-13-19)14-21-25-16(2)20(23)22(3)15-18-8-6-5-7-9-18/h5-14,16H,4,15H2,1-3H3/b21-14-/t16-/m1/s1. The van der Waals surface area contributed by atoms with E-state index in [0.29, 0.717) is 13.2 Å². The number of oxime groups is 1. The number of hydrogen-bond donors (Lipinski definition) is 0. The molecule has 0 fully saturated rings. The van der Waals surface area contributed by atoms with Crippen molar-refractivity contribution in [3.8, 4) is 5.75 Å². The number of ether oxygens (including phenoxy) is 1. The first-order chi connectivity index (χ1) is 12.1. The zero-order valence-electron chi connectivity index (χ0n) is 14.9. The van der Waals surface area contributed by atoms with E-state index in [1.165, 1.54) is 0 Å². The van der Waals surface area contributed by atoms with Gasteiger partial charge in [-0.05, 0) is 49.2 Å². The molecule has 0 heterocycles. The highest BCUT2D eigenvalue weighted by Gasteiger charge is 2.18. The van der Waals surface area contributed by atoms with Gasteiger partial charge in [0.1, 0.15) is 5.75 Å². The van der Waals surface area contributed by atoms with Crippen LogP contribution in [0.5, 0.6) is 5.75 Å². The van der Waals surface area contributed by atoms with Gasteiger partial charge in [0.2, 0.25) is 6.10 Å². The Bertz CT molecular complexity index is 684.